The summed E-state index contributed by atoms with van der Waals surface area (Å²) in [4.78, 5) is 38.1. The number of halogens is 2. The Bertz CT molecular complexity index is 628. The Morgan fingerprint density at radius 2 is 1.70 bits per heavy atom. The van der Waals surface area contributed by atoms with Gasteiger partial charge in [0.15, 0.2) is 0 Å². The molecule has 0 aromatic heterocycles. The number of benzene rings is 1. The molecule has 1 fully saturated rings. The summed E-state index contributed by atoms with van der Waals surface area (Å²) in [5, 5.41) is 2.24. The van der Waals surface area contributed by atoms with Gasteiger partial charge in [-0.2, -0.15) is 0 Å². The third kappa shape index (κ3) is 4.48. The number of nitrogens with zero attached hydrogens (tertiary/aromatic N) is 2. The Morgan fingerprint density at radius 1 is 1.09 bits per heavy atom. The summed E-state index contributed by atoms with van der Waals surface area (Å²) in [6, 6.07) is 2.76. The molecule has 2 rings (SSSR count). The number of hydrogen-bond donors (Lipinski definition) is 1. The number of anilines is 1. The Labute approximate surface area is 132 Å². The van der Waals surface area contributed by atoms with Gasteiger partial charge < -0.3 is 15.1 Å². The maximum atomic E-state index is 13.4. The second-order valence-electron chi connectivity index (χ2n) is 5.24. The highest BCUT2D eigenvalue weighted by Crippen LogP contribution is 2.15. The second kappa shape index (κ2) is 7.17. The first kappa shape index (κ1) is 16.9. The summed E-state index contributed by atoms with van der Waals surface area (Å²) in [6.07, 6.45) is -0.434. The lowest BCUT2D eigenvalue weighted by Gasteiger charge is -2.34. The summed E-state index contributed by atoms with van der Waals surface area (Å²) in [7, 11) is 0. The zero-order valence-corrected chi connectivity index (χ0v) is 12.6. The lowest BCUT2D eigenvalue weighted by molar-refractivity contribution is -0.140. The molecule has 23 heavy (non-hydrogen) atoms. The zero-order chi connectivity index (χ0) is 17.0. The average molecular weight is 325 g/mol. The van der Waals surface area contributed by atoms with E-state index in [-0.39, 0.29) is 11.6 Å². The number of piperazine rings is 1. The van der Waals surface area contributed by atoms with Crippen molar-refractivity contribution in [2.24, 2.45) is 0 Å². The Morgan fingerprint density at radius 3 is 2.26 bits per heavy atom. The van der Waals surface area contributed by atoms with Gasteiger partial charge in [0.05, 0.1) is 5.69 Å². The Balaban J connectivity index is 1.85. The molecule has 0 spiro atoms. The van der Waals surface area contributed by atoms with Crippen molar-refractivity contribution in [2.45, 2.75) is 13.3 Å². The van der Waals surface area contributed by atoms with Crippen LogP contribution in [0.5, 0.6) is 0 Å². The quantitative estimate of drug-likeness (QED) is 0.843. The van der Waals surface area contributed by atoms with E-state index in [4.69, 9.17) is 0 Å². The van der Waals surface area contributed by atoms with E-state index in [0.717, 1.165) is 12.1 Å². The number of hydrogen-bond acceptors (Lipinski definition) is 3. The second-order valence-corrected chi connectivity index (χ2v) is 5.24. The topological polar surface area (TPSA) is 69.7 Å². The van der Waals surface area contributed by atoms with Gasteiger partial charge in [-0.3, -0.25) is 14.4 Å². The van der Waals surface area contributed by atoms with E-state index in [1.807, 2.05) is 0 Å². The molecule has 3 amide bonds. The minimum atomic E-state index is -0.902. The molecule has 8 heteroatoms. The molecule has 1 aromatic carbocycles. The summed E-state index contributed by atoms with van der Waals surface area (Å²) in [5.74, 6) is -2.77. The Kier molecular flexibility index (Phi) is 5.25. The summed E-state index contributed by atoms with van der Waals surface area (Å²) < 4.78 is 26.2. The summed E-state index contributed by atoms with van der Waals surface area (Å²) in [6.45, 7) is 3.03. The van der Waals surface area contributed by atoms with E-state index in [1.165, 1.54) is 11.8 Å². The first-order chi connectivity index (χ1) is 10.9. The molecule has 1 N–H and O–H groups in total. The predicted octanol–water partition coefficient (Wildman–Crippen LogP) is 0.984. The van der Waals surface area contributed by atoms with Gasteiger partial charge >= 0.3 is 0 Å². The van der Waals surface area contributed by atoms with Crippen LogP contribution in [0.1, 0.15) is 13.3 Å². The molecule has 0 aliphatic carbocycles. The normalized spacial score (nSPS) is 14.6. The van der Waals surface area contributed by atoms with Crippen LogP contribution in [0.25, 0.3) is 0 Å². The number of nitrogens with one attached hydrogen (secondary N) is 1. The molecule has 0 bridgehead atoms. The van der Waals surface area contributed by atoms with E-state index in [0.29, 0.717) is 32.2 Å². The van der Waals surface area contributed by atoms with Crippen LogP contribution in [-0.2, 0) is 14.4 Å². The monoisotopic (exact) mass is 325 g/mol. The van der Waals surface area contributed by atoms with Crippen LogP contribution in [0.15, 0.2) is 18.2 Å². The van der Waals surface area contributed by atoms with E-state index < -0.39 is 29.9 Å². The largest absolute Gasteiger partial charge is 0.339 e. The summed E-state index contributed by atoms with van der Waals surface area (Å²) >= 11 is 0. The van der Waals surface area contributed by atoms with Gasteiger partial charge in [-0.15, -0.1) is 0 Å². The van der Waals surface area contributed by atoms with Crippen molar-refractivity contribution in [3.05, 3.63) is 29.8 Å². The van der Waals surface area contributed by atoms with Crippen LogP contribution >= 0.6 is 0 Å². The zero-order valence-electron chi connectivity index (χ0n) is 12.6. The lowest BCUT2D eigenvalue weighted by Crippen LogP contribution is -2.50. The van der Waals surface area contributed by atoms with Crippen molar-refractivity contribution in [3.63, 3.8) is 0 Å². The first-order valence-electron chi connectivity index (χ1n) is 7.15. The smallest absolute Gasteiger partial charge is 0.233 e. The first-order valence-corrected chi connectivity index (χ1v) is 7.15. The van der Waals surface area contributed by atoms with Crippen LogP contribution in [0, 0.1) is 11.6 Å². The molecular formula is C15H17F2N3O3. The van der Waals surface area contributed by atoms with Crippen molar-refractivity contribution >= 4 is 23.4 Å². The van der Waals surface area contributed by atoms with Crippen molar-refractivity contribution in [3.8, 4) is 0 Å². The van der Waals surface area contributed by atoms with Gasteiger partial charge in [-0.25, -0.2) is 8.78 Å². The number of amides is 3. The third-order valence-electron chi connectivity index (χ3n) is 3.59. The molecule has 0 atom stereocenters. The number of carbonyl (C=O) groups excluding carboxylic acids is 3. The van der Waals surface area contributed by atoms with E-state index >= 15 is 0 Å². The van der Waals surface area contributed by atoms with E-state index in [9.17, 15) is 23.2 Å². The minimum absolute atomic E-state index is 0.0540. The molecule has 0 unspecified atom stereocenters. The molecule has 124 valence electrons. The van der Waals surface area contributed by atoms with Gasteiger partial charge in [-0.1, -0.05) is 0 Å². The molecule has 1 heterocycles. The van der Waals surface area contributed by atoms with Crippen molar-refractivity contribution in [2.75, 3.05) is 31.5 Å². The molecule has 1 aromatic rings. The average Bonchev–Trinajstić information content (AvgIpc) is 2.50. The van der Waals surface area contributed by atoms with Gasteiger partial charge in [0.25, 0.3) is 0 Å². The SMILES string of the molecule is CC(=O)N1CCN(C(=O)CC(=O)Nc2ccc(F)cc2F)CC1. The minimum Gasteiger partial charge on any atom is -0.339 e. The molecule has 0 radical (unpaired) electrons. The standard InChI is InChI=1S/C15H17F2N3O3/c1-10(21)19-4-6-20(7-5-19)15(23)9-14(22)18-13-3-2-11(16)8-12(13)17/h2-3,8H,4-7,9H2,1H3,(H,18,22). The van der Waals surface area contributed by atoms with Crippen LogP contribution < -0.4 is 5.32 Å². The molecule has 6 nitrogen and oxygen atoms in total. The molecule has 1 saturated heterocycles. The van der Waals surface area contributed by atoms with E-state index in [1.54, 1.807) is 4.90 Å². The lowest BCUT2D eigenvalue weighted by atomic mass is 10.2. The number of rotatable bonds is 3. The van der Waals surface area contributed by atoms with Crippen molar-refractivity contribution in [1.82, 2.24) is 9.80 Å². The van der Waals surface area contributed by atoms with Crippen molar-refractivity contribution < 1.29 is 23.2 Å². The molecular weight excluding hydrogens is 308 g/mol. The van der Waals surface area contributed by atoms with Gasteiger partial charge in [0, 0.05) is 39.2 Å². The van der Waals surface area contributed by atoms with E-state index in [2.05, 4.69) is 5.32 Å². The van der Waals surface area contributed by atoms with Crippen LogP contribution in [0.3, 0.4) is 0 Å². The fourth-order valence-electron chi connectivity index (χ4n) is 2.31. The van der Waals surface area contributed by atoms with Crippen molar-refractivity contribution in [1.29, 1.82) is 0 Å². The van der Waals surface area contributed by atoms with Gasteiger partial charge in [-0.05, 0) is 12.1 Å². The van der Waals surface area contributed by atoms with Crippen LogP contribution in [0.4, 0.5) is 14.5 Å². The molecule has 0 saturated carbocycles. The molecule has 1 aliphatic heterocycles. The summed E-state index contributed by atoms with van der Waals surface area (Å²) in [5.41, 5.74) is -0.175. The fourth-order valence-corrected chi connectivity index (χ4v) is 2.31. The number of carbonyl (C=O) groups is 3. The highest BCUT2D eigenvalue weighted by atomic mass is 19.1. The van der Waals surface area contributed by atoms with Crippen LogP contribution in [-0.4, -0.2) is 53.7 Å². The third-order valence-corrected chi connectivity index (χ3v) is 3.59. The van der Waals surface area contributed by atoms with Gasteiger partial charge in [0.2, 0.25) is 17.7 Å². The highest BCUT2D eigenvalue weighted by Gasteiger charge is 2.24. The Hall–Kier alpha value is -2.51. The highest BCUT2D eigenvalue weighted by molar-refractivity contribution is 6.03. The maximum absolute atomic E-state index is 13.4. The molecule has 1 aliphatic rings. The maximum Gasteiger partial charge on any atom is 0.233 e. The van der Waals surface area contributed by atoms with Gasteiger partial charge in [0.1, 0.15) is 18.1 Å². The predicted molar refractivity (Wildman–Crippen MR) is 78.4 cm³/mol. The van der Waals surface area contributed by atoms with Crippen LogP contribution in [0.2, 0.25) is 0 Å². The fraction of sp³-hybridized carbons (Fsp3) is 0.400.